The van der Waals surface area contributed by atoms with Crippen LogP contribution in [0, 0.1) is 5.82 Å². The van der Waals surface area contributed by atoms with E-state index in [4.69, 9.17) is 0 Å². The Hall–Kier alpha value is -1.49. The highest BCUT2D eigenvalue weighted by Gasteiger charge is 2.26. The third-order valence-corrected chi connectivity index (χ3v) is 3.03. The molecule has 0 spiro atoms. The SMILES string of the molecule is CCN(C(=O)c1cncc(F)c1)C1CCNC1. The predicted molar refractivity (Wildman–Crippen MR) is 62.2 cm³/mol. The first kappa shape index (κ1) is 12.0. The second-order valence-corrected chi connectivity index (χ2v) is 4.13. The average Bonchev–Trinajstić information content (AvgIpc) is 2.83. The lowest BCUT2D eigenvalue weighted by molar-refractivity contribution is 0.0703. The first-order valence-corrected chi connectivity index (χ1v) is 5.84. The number of hydrogen-bond acceptors (Lipinski definition) is 3. The van der Waals surface area contributed by atoms with Gasteiger partial charge in [-0.15, -0.1) is 0 Å². The number of carbonyl (C=O) groups excluding carboxylic acids is 1. The molecule has 1 saturated heterocycles. The minimum atomic E-state index is -0.476. The van der Waals surface area contributed by atoms with Crippen molar-refractivity contribution in [3.8, 4) is 0 Å². The summed E-state index contributed by atoms with van der Waals surface area (Å²) in [4.78, 5) is 17.7. The molecule has 1 aromatic heterocycles. The zero-order valence-electron chi connectivity index (χ0n) is 9.82. The molecule has 0 radical (unpaired) electrons. The van der Waals surface area contributed by atoms with Gasteiger partial charge >= 0.3 is 0 Å². The van der Waals surface area contributed by atoms with E-state index in [0.717, 1.165) is 25.7 Å². The number of nitrogens with one attached hydrogen (secondary N) is 1. The summed E-state index contributed by atoms with van der Waals surface area (Å²) in [6, 6.07) is 1.44. The van der Waals surface area contributed by atoms with Crippen molar-refractivity contribution in [2.45, 2.75) is 19.4 Å². The fourth-order valence-electron chi connectivity index (χ4n) is 2.17. The van der Waals surface area contributed by atoms with E-state index in [1.165, 1.54) is 12.3 Å². The normalized spacial score (nSPS) is 19.3. The fourth-order valence-corrected chi connectivity index (χ4v) is 2.17. The molecule has 1 N–H and O–H groups in total. The van der Waals surface area contributed by atoms with Crippen molar-refractivity contribution in [1.82, 2.24) is 15.2 Å². The summed E-state index contributed by atoms with van der Waals surface area (Å²) in [5.74, 6) is -0.621. The summed E-state index contributed by atoms with van der Waals surface area (Å²) in [6.45, 7) is 4.29. The highest BCUT2D eigenvalue weighted by atomic mass is 19.1. The van der Waals surface area contributed by atoms with E-state index in [0.29, 0.717) is 12.1 Å². The van der Waals surface area contributed by atoms with E-state index >= 15 is 0 Å². The van der Waals surface area contributed by atoms with Crippen molar-refractivity contribution < 1.29 is 9.18 Å². The van der Waals surface area contributed by atoms with Gasteiger partial charge in [-0.25, -0.2) is 4.39 Å². The van der Waals surface area contributed by atoms with Crippen LogP contribution in [0.25, 0.3) is 0 Å². The van der Waals surface area contributed by atoms with Gasteiger partial charge in [0.15, 0.2) is 0 Å². The lowest BCUT2D eigenvalue weighted by Gasteiger charge is -2.27. The van der Waals surface area contributed by atoms with Crippen LogP contribution in [0.4, 0.5) is 4.39 Å². The average molecular weight is 237 g/mol. The molecule has 0 saturated carbocycles. The summed E-state index contributed by atoms with van der Waals surface area (Å²) in [5, 5.41) is 3.22. The molecule has 17 heavy (non-hydrogen) atoms. The van der Waals surface area contributed by atoms with Crippen LogP contribution in [0.15, 0.2) is 18.5 Å². The molecule has 0 aliphatic carbocycles. The van der Waals surface area contributed by atoms with Crippen LogP contribution in [-0.4, -0.2) is 41.5 Å². The van der Waals surface area contributed by atoms with E-state index in [1.54, 1.807) is 4.90 Å². The molecule has 1 atom stereocenters. The molecule has 0 aromatic carbocycles. The third-order valence-electron chi connectivity index (χ3n) is 3.03. The zero-order valence-corrected chi connectivity index (χ0v) is 9.82. The van der Waals surface area contributed by atoms with Crippen LogP contribution in [0.2, 0.25) is 0 Å². The number of aromatic nitrogens is 1. The molecule has 1 amide bonds. The van der Waals surface area contributed by atoms with Gasteiger partial charge in [0.1, 0.15) is 5.82 Å². The van der Waals surface area contributed by atoms with E-state index in [9.17, 15) is 9.18 Å². The Labute approximate surface area is 99.8 Å². The molecule has 1 fully saturated rings. The van der Waals surface area contributed by atoms with Crippen molar-refractivity contribution >= 4 is 5.91 Å². The lowest BCUT2D eigenvalue weighted by Crippen LogP contribution is -2.41. The molecule has 1 aromatic rings. The van der Waals surface area contributed by atoms with Gasteiger partial charge in [-0.1, -0.05) is 0 Å². The Bertz CT molecular complexity index is 404. The van der Waals surface area contributed by atoms with Crippen LogP contribution in [0.1, 0.15) is 23.7 Å². The Balaban J connectivity index is 2.16. The molecule has 1 unspecified atom stereocenters. The first-order chi connectivity index (χ1) is 8.22. The van der Waals surface area contributed by atoms with Gasteiger partial charge in [-0.05, 0) is 26.0 Å². The molecular formula is C12H16FN3O. The smallest absolute Gasteiger partial charge is 0.255 e. The number of hydrogen-bond donors (Lipinski definition) is 1. The van der Waals surface area contributed by atoms with E-state index in [2.05, 4.69) is 10.3 Å². The third kappa shape index (κ3) is 2.61. The van der Waals surface area contributed by atoms with Crippen LogP contribution in [0.5, 0.6) is 0 Å². The van der Waals surface area contributed by atoms with Crippen molar-refractivity contribution in [3.63, 3.8) is 0 Å². The van der Waals surface area contributed by atoms with Crippen LogP contribution < -0.4 is 5.32 Å². The number of pyridine rings is 1. The Morgan fingerprint density at radius 3 is 3.06 bits per heavy atom. The molecule has 4 nitrogen and oxygen atoms in total. The summed E-state index contributed by atoms with van der Waals surface area (Å²) < 4.78 is 13.0. The van der Waals surface area contributed by atoms with Crippen molar-refractivity contribution in [2.75, 3.05) is 19.6 Å². The fraction of sp³-hybridized carbons (Fsp3) is 0.500. The molecule has 1 aliphatic heterocycles. The maximum atomic E-state index is 13.0. The molecule has 1 aliphatic rings. The summed E-state index contributed by atoms with van der Waals surface area (Å²) >= 11 is 0. The van der Waals surface area contributed by atoms with Gasteiger partial charge < -0.3 is 10.2 Å². The van der Waals surface area contributed by atoms with Gasteiger partial charge in [0.25, 0.3) is 5.91 Å². The lowest BCUT2D eigenvalue weighted by atomic mass is 10.1. The van der Waals surface area contributed by atoms with Gasteiger partial charge in [-0.2, -0.15) is 0 Å². The standard InChI is InChI=1S/C12H16FN3O/c1-2-16(11-3-4-14-8-11)12(17)9-5-10(13)7-15-6-9/h5-7,11,14H,2-4,8H2,1H3. The van der Waals surface area contributed by atoms with Gasteiger partial charge in [0, 0.05) is 25.3 Å². The number of carbonyl (C=O) groups is 1. The number of likely N-dealkylation sites (N-methyl/N-ethyl adjacent to an activating group) is 1. The summed E-state index contributed by atoms with van der Waals surface area (Å²) in [7, 11) is 0. The number of halogens is 1. The second kappa shape index (κ2) is 5.23. The van der Waals surface area contributed by atoms with Gasteiger partial charge in [-0.3, -0.25) is 9.78 Å². The molecule has 0 bridgehead atoms. The topological polar surface area (TPSA) is 45.2 Å². The van der Waals surface area contributed by atoms with E-state index in [-0.39, 0.29) is 11.9 Å². The van der Waals surface area contributed by atoms with Crippen LogP contribution >= 0.6 is 0 Å². The first-order valence-electron chi connectivity index (χ1n) is 5.84. The number of rotatable bonds is 3. The van der Waals surface area contributed by atoms with Gasteiger partial charge in [0.05, 0.1) is 11.8 Å². The highest BCUT2D eigenvalue weighted by molar-refractivity contribution is 5.94. The number of amides is 1. The number of nitrogens with zero attached hydrogens (tertiary/aromatic N) is 2. The van der Waals surface area contributed by atoms with E-state index in [1.807, 2.05) is 6.92 Å². The zero-order chi connectivity index (χ0) is 12.3. The van der Waals surface area contributed by atoms with Crippen molar-refractivity contribution in [2.24, 2.45) is 0 Å². The van der Waals surface area contributed by atoms with Crippen LogP contribution in [-0.2, 0) is 0 Å². The highest BCUT2D eigenvalue weighted by Crippen LogP contribution is 2.13. The Morgan fingerprint density at radius 1 is 1.65 bits per heavy atom. The molecule has 5 heteroatoms. The van der Waals surface area contributed by atoms with E-state index < -0.39 is 5.82 Å². The largest absolute Gasteiger partial charge is 0.335 e. The minimum absolute atomic E-state index is 0.145. The summed E-state index contributed by atoms with van der Waals surface area (Å²) in [6.07, 6.45) is 3.46. The summed E-state index contributed by atoms with van der Waals surface area (Å²) in [5.41, 5.74) is 0.318. The molecule has 92 valence electrons. The quantitative estimate of drug-likeness (QED) is 0.854. The maximum absolute atomic E-state index is 13.0. The van der Waals surface area contributed by atoms with Crippen molar-refractivity contribution in [3.05, 3.63) is 29.8 Å². The van der Waals surface area contributed by atoms with Gasteiger partial charge in [0.2, 0.25) is 0 Å². The van der Waals surface area contributed by atoms with Crippen molar-refractivity contribution in [1.29, 1.82) is 0 Å². The second-order valence-electron chi connectivity index (χ2n) is 4.13. The predicted octanol–water partition coefficient (Wildman–Crippen LogP) is 1.04. The monoisotopic (exact) mass is 237 g/mol. The molecule has 2 heterocycles. The van der Waals surface area contributed by atoms with Crippen LogP contribution in [0.3, 0.4) is 0 Å². The Morgan fingerprint density at radius 2 is 2.47 bits per heavy atom. The Kier molecular flexibility index (Phi) is 3.68. The molecule has 2 rings (SSSR count). The maximum Gasteiger partial charge on any atom is 0.255 e. The minimum Gasteiger partial charge on any atom is -0.335 e. The molecular weight excluding hydrogens is 221 g/mol.